The Morgan fingerprint density at radius 2 is 2.00 bits per heavy atom. The molecule has 0 aromatic carbocycles. The molecule has 1 saturated carbocycles. The van der Waals surface area contributed by atoms with Crippen LogP contribution < -0.4 is 0 Å². The van der Waals surface area contributed by atoms with Crippen molar-refractivity contribution in [2.45, 2.75) is 51.7 Å². The fraction of sp³-hybridized carbons (Fsp3) is 0.818. The van der Waals surface area contributed by atoms with Crippen LogP contribution in [0.1, 0.15) is 39.5 Å². The van der Waals surface area contributed by atoms with Crippen LogP contribution >= 0.6 is 0 Å². The van der Waals surface area contributed by atoms with E-state index in [1.54, 1.807) is 0 Å². The maximum atomic E-state index is 5.82. The van der Waals surface area contributed by atoms with E-state index in [1.165, 1.54) is 25.7 Å². The van der Waals surface area contributed by atoms with Crippen molar-refractivity contribution >= 4 is 0 Å². The van der Waals surface area contributed by atoms with Gasteiger partial charge in [0.25, 0.3) is 0 Å². The molecule has 1 fully saturated rings. The minimum atomic E-state index is 0.357. The molecule has 0 saturated heterocycles. The third-order valence-corrected chi connectivity index (χ3v) is 2.50. The summed E-state index contributed by atoms with van der Waals surface area (Å²) in [5.41, 5.74) is 0. The smallest absolute Gasteiger partial charge is 0.0641 e. The number of ether oxygens (including phenoxy) is 1. The number of hydrogen-bond acceptors (Lipinski definition) is 1. The number of rotatable bonds is 3. The Kier molecular flexibility index (Phi) is 3.80. The topological polar surface area (TPSA) is 9.23 Å². The molecule has 2 unspecified atom stereocenters. The van der Waals surface area contributed by atoms with E-state index in [4.69, 9.17) is 4.74 Å². The van der Waals surface area contributed by atoms with E-state index in [0.29, 0.717) is 18.1 Å². The molecule has 1 rings (SSSR count). The molecule has 1 aliphatic rings. The highest BCUT2D eigenvalue weighted by Gasteiger charge is 2.23. The molecule has 0 radical (unpaired) electrons. The normalized spacial score (nSPS) is 30.6. The fourth-order valence-corrected chi connectivity index (χ4v) is 1.91. The Labute approximate surface area is 75.8 Å². The summed E-state index contributed by atoms with van der Waals surface area (Å²) in [6, 6.07) is 0. The van der Waals surface area contributed by atoms with Gasteiger partial charge < -0.3 is 4.74 Å². The molecule has 12 heavy (non-hydrogen) atoms. The van der Waals surface area contributed by atoms with Gasteiger partial charge >= 0.3 is 0 Å². The van der Waals surface area contributed by atoms with Gasteiger partial charge in [0.15, 0.2) is 0 Å². The first-order valence-electron chi connectivity index (χ1n) is 5.02. The van der Waals surface area contributed by atoms with Crippen LogP contribution in [-0.2, 0) is 4.74 Å². The van der Waals surface area contributed by atoms with Crippen molar-refractivity contribution in [2.75, 3.05) is 0 Å². The van der Waals surface area contributed by atoms with Gasteiger partial charge in [-0.1, -0.05) is 18.9 Å². The lowest BCUT2D eigenvalue weighted by molar-refractivity contribution is -0.0326. The van der Waals surface area contributed by atoms with E-state index in [1.807, 2.05) is 0 Å². The summed E-state index contributed by atoms with van der Waals surface area (Å²) in [4.78, 5) is 0. The molecule has 70 valence electrons. The Balaban J connectivity index is 2.41. The van der Waals surface area contributed by atoms with Gasteiger partial charge in [-0.15, -0.1) is 6.58 Å². The molecular weight excluding hydrogens is 148 g/mol. The molecule has 0 amide bonds. The largest absolute Gasteiger partial charge is 0.375 e. The van der Waals surface area contributed by atoms with E-state index < -0.39 is 0 Å². The van der Waals surface area contributed by atoms with Crippen LogP contribution in [0.4, 0.5) is 0 Å². The van der Waals surface area contributed by atoms with E-state index in [-0.39, 0.29) is 0 Å². The van der Waals surface area contributed by atoms with Crippen LogP contribution in [0.15, 0.2) is 12.7 Å². The third-order valence-electron chi connectivity index (χ3n) is 2.50. The Morgan fingerprint density at radius 3 is 2.58 bits per heavy atom. The van der Waals surface area contributed by atoms with Crippen molar-refractivity contribution in [2.24, 2.45) is 5.92 Å². The van der Waals surface area contributed by atoms with Crippen molar-refractivity contribution in [3.05, 3.63) is 12.7 Å². The Bertz CT molecular complexity index is 140. The van der Waals surface area contributed by atoms with Gasteiger partial charge in [-0.3, -0.25) is 0 Å². The predicted molar refractivity (Wildman–Crippen MR) is 52.2 cm³/mol. The lowest BCUT2D eigenvalue weighted by atomic mass is 9.86. The lowest BCUT2D eigenvalue weighted by Crippen LogP contribution is -2.28. The average Bonchev–Trinajstić information content (AvgIpc) is 2.04. The first kappa shape index (κ1) is 9.79. The second-order valence-corrected chi connectivity index (χ2v) is 3.91. The zero-order valence-electron chi connectivity index (χ0n) is 8.25. The Hall–Kier alpha value is -0.300. The van der Waals surface area contributed by atoms with Crippen LogP contribution in [0, 0.1) is 5.92 Å². The van der Waals surface area contributed by atoms with Crippen LogP contribution in [0.5, 0.6) is 0 Å². The van der Waals surface area contributed by atoms with Crippen molar-refractivity contribution < 1.29 is 4.74 Å². The molecule has 0 aromatic heterocycles. The first-order chi connectivity index (χ1) is 5.74. The van der Waals surface area contributed by atoms with Gasteiger partial charge in [-0.25, -0.2) is 0 Å². The summed E-state index contributed by atoms with van der Waals surface area (Å²) in [5.74, 6) is 0.598. The van der Waals surface area contributed by atoms with Crippen LogP contribution in [0.2, 0.25) is 0 Å². The van der Waals surface area contributed by atoms with E-state index in [9.17, 15) is 0 Å². The zero-order chi connectivity index (χ0) is 8.97. The molecule has 0 bridgehead atoms. The van der Waals surface area contributed by atoms with Crippen LogP contribution in [0.3, 0.4) is 0 Å². The van der Waals surface area contributed by atoms with Gasteiger partial charge in [0, 0.05) is 5.92 Å². The summed E-state index contributed by atoms with van der Waals surface area (Å²) in [6.45, 7) is 8.07. The molecule has 2 atom stereocenters. The van der Waals surface area contributed by atoms with E-state index in [2.05, 4.69) is 26.5 Å². The highest BCUT2D eigenvalue weighted by atomic mass is 16.5. The highest BCUT2D eigenvalue weighted by molar-refractivity contribution is 4.88. The van der Waals surface area contributed by atoms with Gasteiger partial charge in [0.2, 0.25) is 0 Å². The van der Waals surface area contributed by atoms with E-state index >= 15 is 0 Å². The summed E-state index contributed by atoms with van der Waals surface area (Å²) < 4.78 is 5.82. The standard InChI is InChI=1S/C11H20O/c1-4-10-7-5-6-8-11(10)12-9(2)3/h4,9-11H,1,5-8H2,2-3H3. The van der Waals surface area contributed by atoms with Crippen molar-refractivity contribution in [1.29, 1.82) is 0 Å². The molecule has 0 heterocycles. The van der Waals surface area contributed by atoms with Crippen molar-refractivity contribution in [3.63, 3.8) is 0 Å². The second-order valence-electron chi connectivity index (χ2n) is 3.91. The molecular formula is C11H20O. The summed E-state index contributed by atoms with van der Waals surface area (Å²) in [5, 5.41) is 0. The predicted octanol–water partition coefficient (Wildman–Crippen LogP) is 3.16. The van der Waals surface area contributed by atoms with Crippen LogP contribution in [-0.4, -0.2) is 12.2 Å². The summed E-state index contributed by atoms with van der Waals surface area (Å²) >= 11 is 0. The maximum Gasteiger partial charge on any atom is 0.0641 e. The van der Waals surface area contributed by atoms with Gasteiger partial charge in [0.05, 0.1) is 12.2 Å². The molecule has 0 aromatic rings. The van der Waals surface area contributed by atoms with Crippen molar-refractivity contribution in [1.82, 2.24) is 0 Å². The minimum Gasteiger partial charge on any atom is -0.375 e. The van der Waals surface area contributed by atoms with Crippen LogP contribution in [0.25, 0.3) is 0 Å². The molecule has 1 nitrogen and oxygen atoms in total. The van der Waals surface area contributed by atoms with Gasteiger partial charge in [0.1, 0.15) is 0 Å². The highest BCUT2D eigenvalue weighted by Crippen LogP contribution is 2.28. The SMILES string of the molecule is C=CC1CCCCC1OC(C)C. The fourth-order valence-electron chi connectivity index (χ4n) is 1.91. The molecule has 1 aliphatic carbocycles. The first-order valence-corrected chi connectivity index (χ1v) is 5.02. The monoisotopic (exact) mass is 168 g/mol. The quantitative estimate of drug-likeness (QED) is 0.588. The molecule has 0 aliphatic heterocycles. The molecule has 0 spiro atoms. The molecule has 0 N–H and O–H groups in total. The zero-order valence-corrected chi connectivity index (χ0v) is 8.25. The number of hydrogen-bond donors (Lipinski definition) is 0. The average molecular weight is 168 g/mol. The minimum absolute atomic E-state index is 0.357. The molecule has 1 heteroatoms. The maximum absolute atomic E-state index is 5.82. The summed E-state index contributed by atoms with van der Waals surface area (Å²) in [6.07, 6.45) is 8.00. The lowest BCUT2D eigenvalue weighted by Gasteiger charge is -2.30. The van der Waals surface area contributed by atoms with Gasteiger partial charge in [-0.2, -0.15) is 0 Å². The Morgan fingerprint density at radius 1 is 1.33 bits per heavy atom. The van der Waals surface area contributed by atoms with E-state index in [0.717, 1.165) is 0 Å². The summed E-state index contributed by atoms with van der Waals surface area (Å²) in [7, 11) is 0. The van der Waals surface area contributed by atoms with Gasteiger partial charge in [-0.05, 0) is 26.7 Å². The third kappa shape index (κ3) is 2.63. The second kappa shape index (κ2) is 4.66. The van der Waals surface area contributed by atoms with Crippen molar-refractivity contribution in [3.8, 4) is 0 Å².